The second-order valence-corrected chi connectivity index (χ2v) is 6.40. The minimum atomic E-state index is -0.374. The molecule has 0 saturated heterocycles. The number of benzene rings is 1. The number of nitrogens with one attached hydrogen (secondary N) is 1. The van der Waals surface area contributed by atoms with E-state index in [2.05, 4.69) is 47.1 Å². The van der Waals surface area contributed by atoms with Crippen LogP contribution in [0.5, 0.6) is 0 Å². The Labute approximate surface area is 129 Å². The molecule has 1 unspecified atom stereocenters. The highest BCUT2D eigenvalue weighted by Crippen LogP contribution is 2.33. The third-order valence-electron chi connectivity index (χ3n) is 3.93. The lowest BCUT2D eigenvalue weighted by molar-refractivity contribution is -0.101. The van der Waals surface area contributed by atoms with Crippen LogP contribution in [-0.4, -0.2) is 26.9 Å². The van der Waals surface area contributed by atoms with Crippen LogP contribution in [0.4, 0.5) is 0 Å². The average molecular weight is 303 g/mol. The molecule has 0 saturated carbocycles. The molecular formula is C17H21NO2S. The maximum absolute atomic E-state index is 6.17. The monoisotopic (exact) mass is 303 g/mol. The summed E-state index contributed by atoms with van der Waals surface area (Å²) >= 11 is 1.77. The molecule has 1 N–H and O–H groups in total. The fraction of sp³-hybridized carbons (Fsp3) is 0.412. The van der Waals surface area contributed by atoms with E-state index in [0.717, 1.165) is 26.1 Å². The third kappa shape index (κ3) is 3.19. The highest BCUT2D eigenvalue weighted by Gasteiger charge is 2.37. The lowest BCUT2D eigenvalue weighted by Gasteiger charge is -2.39. The van der Waals surface area contributed by atoms with Crippen LogP contribution in [0.1, 0.15) is 16.0 Å². The van der Waals surface area contributed by atoms with Crippen molar-refractivity contribution in [1.82, 2.24) is 5.32 Å². The van der Waals surface area contributed by atoms with Crippen molar-refractivity contribution < 1.29 is 9.47 Å². The van der Waals surface area contributed by atoms with Crippen LogP contribution in [0.2, 0.25) is 0 Å². The van der Waals surface area contributed by atoms with Gasteiger partial charge in [-0.1, -0.05) is 30.3 Å². The van der Waals surface area contributed by atoms with Crippen LogP contribution in [0.25, 0.3) is 0 Å². The van der Waals surface area contributed by atoms with Gasteiger partial charge in [-0.2, -0.15) is 0 Å². The molecule has 21 heavy (non-hydrogen) atoms. The quantitative estimate of drug-likeness (QED) is 0.890. The molecule has 4 heteroatoms. The Morgan fingerprint density at radius 3 is 3.00 bits per heavy atom. The molecule has 2 aromatic rings. The normalized spacial score (nSPS) is 21.2. The SMILES string of the molecule is COCC1(CNCc2cccs2)OCCc2ccccc21. The minimum absolute atomic E-state index is 0.374. The van der Waals surface area contributed by atoms with E-state index in [0.29, 0.717) is 6.61 Å². The van der Waals surface area contributed by atoms with Crippen molar-refractivity contribution >= 4 is 11.3 Å². The fourth-order valence-electron chi connectivity index (χ4n) is 2.97. The van der Waals surface area contributed by atoms with Crippen LogP contribution in [0.15, 0.2) is 41.8 Å². The number of hydrogen-bond acceptors (Lipinski definition) is 4. The average Bonchev–Trinajstić information content (AvgIpc) is 3.01. The van der Waals surface area contributed by atoms with Gasteiger partial charge in [0.25, 0.3) is 0 Å². The number of rotatable bonds is 6. The van der Waals surface area contributed by atoms with E-state index in [1.54, 1.807) is 18.4 Å². The second kappa shape index (κ2) is 6.71. The summed E-state index contributed by atoms with van der Waals surface area (Å²) < 4.78 is 11.6. The first-order chi connectivity index (χ1) is 10.3. The van der Waals surface area contributed by atoms with Gasteiger partial charge in [-0.3, -0.25) is 0 Å². The molecule has 0 fully saturated rings. The standard InChI is InChI=1S/C17H21NO2S/c1-19-13-17(12-18-11-15-6-4-10-21-15)16-7-3-2-5-14(16)8-9-20-17/h2-7,10,18H,8-9,11-13H2,1H3. The van der Waals surface area contributed by atoms with Gasteiger partial charge in [0.05, 0.1) is 13.2 Å². The molecule has 1 aromatic heterocycles. The van der Waals surface area contributed by atoms with Gasteiger partial charge in [0, 0.05) is 25.1 Å². The summed E-state index contributed by atoms with van der Waals surface area (Å²) in [5.41, 5.74) is 2.26. The largest absolute Gasteiger partial charge is 0.381 e. The van der Waals surface area contributed by atoms with Crippen LogP contribution < -0.4 is 5.32 Å². The molecule has 0 spiro atoms. The first kappa shape index (κ1) is 14.7. The Bertz CT molecular complexity index is 570. The lowest BCUT2D eigenvalue weighted by Crippen LogP contribution is -2.47. The van der Waals surface area contributed by atoms with Crippen molar-refractivity contribution in [3.8, 4) is 0 Å². The van der Waals surface area contributed by atoms with E-state index < -0.39 is 0 Å². The van der Waals surface area contributed by atoms with Crippen LogP contribution in [0, 0.1) is 0 Å². The molecule has 0 aliphatic carbocycles. The van der Waals surface area contributed by atoms with Gasteiger partial charge in [0.2, 0.25) is 0 Å². The van der Waals surface area contributed by atoms with Crippen LogP contribution in [-0.2, 0) is 28.0 Å². The van der Waals surface area contributed by atoms with E-state index in [9.17, 15) is 0 Å². The number of ether oxygens (including phenoxy) is 2. The molecule has 3 rings (SSSR count). The van der Waals surface area contributed by atoms with Crippen molar-refractivity contribution in [2.45, 2.75) is 18.6 Å². The van der Waals surface area contributed by atoms with Gasteiger partial charge in [0.15, 0.2) is 0 Å². The Hall–Kier alpha value is -1.20. The highest BCUT2D eigenvalue weighted by atomic mass is 32.1. The molecule has 2 heterocycles. The number of fused-ring (bicyclic) bond motifs is 1. The highest BCUT2D eigenvalue weighted by molar-refractivity contribution is 7.09. The molecule has 1 aliphatic rings. The number of methoxy groups -OCH3 is 1. The summed E-state index contributed by atoms with van der Waals surface area (Å²) in [6.07, 6.45) is 0.979. The van der Waals surface area contributed by atoms with Gasteiger partial charge in [-0.05, 0) is 29.0 Å². The van der Waals surface area contributed by atoms with Crippen molar-refractivity contribution in [2.75, 3.05) is 26.9 Å². The van der Waals surface area contributed by atoms with Crippen molar-refractivity contribution in [3.05, 3.63) is 57.8 Å². The van der Waals surface area contributed by atoms with Gasteiger partial charge >= 0.3 is 0 Å². The van der Waals surface area contributed by atoms with Crippen LogP contribution >= 0.6 is 11.3 Å². The van der Waals surface area contributed by atoms with Gasteiger partial charge in [-0.15, -0.1) is 11.3 Å². The predicted octanol–water partition coefficient (Wildman–Crippen LogP) is 2.95. The molecule has 0 bridgehead atoms. The molecule has 1 aromatic carbocycles. The summed E-state index contributed by atoms with van der Waals surface area (Å²) in [5.74, 6) is 0. The maximum atomic E-state index is 6.17. The summed E-state index contributed by atoms with van der Waals surface area (Å²) in [6, 6.07) is 12.8. The van der Waals surface area contributed by atoms with Crippen molar-refractivity contribution in [1.29, 1.82) is 0 Å². The van der Waals surface area contributed by atoms with E-state index in [1.807, 2.05) is 0 Å². The molecule has 0 radical (unpaired) electrons. The molecule has 3 nitrogen and oxygen atoms in total. The summed E-state index contributed by atoms with van der Waals surface area (Å²) in [7, 11) is 1.74. The number of hydrogen-bond donors (Lipinski definition) is 1. The molecule has 1 atom stereocenters. The first-order valence-corrected chi connectivity index (χ1v) is 8.16. The molecular weight excluding hydrogens is 282 g/mol. The Balaban J connectivity index is 1.77. The fourth-order valence-corrected chi connectivity index (χ4v) is 3.64. The molecule has 1 aliphatic heterocycles. The predicted molar refractivity (Wildman–Crippen MR) is 85.7 cm³/mol. The summed E-state index contributed by atoms with van der Waals surface area (Å²) in [4.78, 5) is 1.34. The Morgan fingerprint density at radius 2 is 2.19 bits per heavy atom. The van der Waals surface area contributed by atoms with Gasteiger partial charge in [-0.25, -0.2) is 0 Å². The van der Waals surface area contributed by atoms with E-state index in [4.69, 9.17) is 9.47 Å². The van der Waals surface area contributed by atoms with E-state index >= 15 is 0 Å². The molecule has 0 amide bonds. The summed E-state index contributed by atoms with van der Waals surface area (Å²) in [6.45, 7) is 2.95. The Kier molecular flexibility index (Phi) is 4.70. The smallest absolute Gasteiger partial charge is 0.129 e. The van der Waals surface area contributed by atoms with Gasteiger partial charge in [0.1, 0.15) is 5.60 Å². The first-order valence-electron chi connectivity index (χ1n) is 7.28. The zero-order valence-electron chi connectivity index (χ0n) is 12.3. The maximum Gasteiger partial charge on any atom is 0.129 e. The van der Waals surface area contributed by atoms with E-state index in [1.165, 1.54) is 16.0 Å². The zero-order chi connectivity index (χ0) is 14.5. The van der Waals surface area contributed by atoms with Crippen molar-refractivity contribution in [3.63, 3.8) is 0 Å². The summed E-state index contributed by atoms with van der Waals surface area (Å²) in [5, 5.41) is 5.63. The lowest BCUT2D eigenvalue weighted by atomic mass is 9.86. The zero-order valence-corrected chi connectivity index (χ0v) is 13.1. The Morgan fingerprint density at radius 1 is 1.29 bits per heavy atom. The van der Waals surface area contributed by atoms with Crippen molar-refractivity contribution in [2.24, 2.45) is 0 Å². The van der Waals surface area contributed by atoms with E-state index in [-0.39, 0.29) is 5.60 Å². The number of thiophene rings is 1. The molecule has 112 valence electrons. The third-order valence-corrected chi connectivity index (χ3v) is 4.80. The minimum Gasteiger partial charge on any atom is -0.381 e. The van der Waals surface area contributed by atoms with Crippen LogP contribution in [0.3, 0.4) is 0 Å². The topological polar surface area (TPSA) is 30.5 Å². The second-order valence-electron chi connectivity index (χ2n) is 5.37. The van der Waals surface area contributed by atoms with Gasteiger partial charge < -0.3 is 14.8 Å².